The minimum atomic E-state index is -0.229. The summed E-state index contributed by atoms with van der Waals surface area (Å²) in [6.45, 7) is 2.05. The van der Waals surface area contributed by atoms with Crippen molar-refractivity contribution in [2.75, 3.05) is 17.3 Å². The van der Waals surface area contributed by atoms with Crippen LogP contribution in [0.4, 0.5) is 11.4 Å². The summed E-state index contributed by atoms with van der Waals surface area (Å²) in [7, 11) is 1.72. The fourth-order valence-corrected chi connectivity index (χ4v) is 2.90. The van der Waals surface area contributed by atoms with Gasteiger partial charge in [-0.15, -0.1) is 0 Å². The van der Waals surface area contributed by atoms with E-state index in [-0.39, 0.29) is 11.8 Å². The summed E-state index contributed by atoms with van der Waals surface area (Å²) in [6, 6.07) is 23.9. The Hall–Kier alpha value is -3.40. The first-order chi connectivity index (χ1) is 13.1. The van der Waals surface area contributed by atoms with E-state index in [1.807, 2.05) is 61.5 Å². The fourth-order valence-electron chi connectivity index (χ4n) is 2.90. The summed E-state index contributed by atoms with van der Waals surface area (Å²) >= 11 is 0. The second-order valence-corrected chi connectivity index (χ2v) is 6.25. The predicted octanol–water partition coefficient (Wildman–Crippen LogP) is 4.78. The largest absolute Gasteiger partial charge is 0.322 e. The van der Waals surface area contributed by atoms with Crippen LogP contribution in [0.25, 0.3) is 0 Å². The quantitative estimate of drug-likeness (QED) is 0.714. The van der Waals surface area contributed by atoms with Gasteiger partial charge < -0.3 is 10.2 Å². The van der Waals surface area contributed by atoms with Crippen LogP contribution >= 0.6 is 0 Å². The van der Waals surface area contributed by atoms with Crippen molar-refractivity contribution >= 4 is 23.2 Å². The molecular weight excluding hydrogens is 336 g/mol. The SMILES string of the molecule is CCc1ccccc1NC(=O)c1cccc(C(=O)N(C)c2ccccc2)c1. The summed E-state index contributed by atoms with van der Waals surface area (Å²) in [4.78, 5) is 27.0. The van der Waals surface area contributed by atoms with Crippen molar-refractivity contribution in [3.63, 3.8) is 0 Å². The van der Waals surface area contributed by atoms with Crippen molar-refractivity contribution < 1.29 is 9.59 Å². The standard InChI is InChI=1S/C23H22N2O2/c1-3-17-10-7-8-15-21(17)24-22(26)18-11-9-12-19(16-18)23(27)25(2)20-13-5-4-6-14-20/h4-16H,3H2,1-2H3,(H,24,26). The first-order valence-electron chi connectivity index (χ1n) is 8.92. The highest BCUT2D eigenvalue weighted by atomic mass is 16.2. The number of nitrogens with zero attached hydrogens (tertiary/aromatic N) is 1. The summed E-state index contributed by atoms with van der Waals surface area (Å²) in [5.74, 6) is -0.391. The van der Waals surface area contributed by atoms with E-state index in [0.717, 1.165) is 23.4 Å². The number of carbonyl (C=O) groups is 2. The number of anilines is 2. The van der Waals surface area contributed by atoms with Crippen molar-refractivity contribution in [1.29, 1.82) is 0 Å². The van der Waals surface area contributed by atoms with Crippen molar-refractivity contribution in [3.05, 3.63) is 95.6 Å². The van der Waals surface area contributed by atoms with Gasteiger partial charge in [0.2, 0.25) is 0 Å². The molecule has 0 aliphatic carbocycles. The summed E-state index contributed by atoms with van der Waals surface area (Å²) in [5.41, 5.74) is 3.59. The number of benzene rings is 3. The molecule has 136 valence electrons. The Morgan fingerprint density at radius 3 is 2.26 bits per heavy atom. The van der Waals surface area contributed by atoms with Gasteiger partial charge in [0.05, 0.1) is 0 Å². The molecule has 0 saturated carbocycles. The van der Waals surface area contributed by atoms with Crippen LogP contribution in [0, 0.1) is 0 Å². The van der Waals surface area contributed by atoms with Crippen molar-refractivity contribution in [3.8, 4) is 0 Å². The summed E-state index contributed by atoms with van der Waals surface area (Å²) in [5, 5.41) is 2.94. The molecule has 3 rings (SSSR count). The Morgan fingerprint density at radius 1 is 0.852 bits per heavy atom. The minimum absolute atomic E-state index is 0.162. The van der Waals surface area contributed by atoms with E-state index in [2.05, 4.69) is 5.32 Å². The van der Waals surface area contributed by atoms with E-state index in [1.54, 1.807) is 36.2 Å². The van der Waals surface area contributed by atoms with Gasteiger partial charge in [-0.05, 0) is 48.4 Å². The number of carbonyl (C=O) groups excluding carboxylic acids is 2. The Morgan fingerprint density at radius 2 is 1.52 bits per heavy atom. The number of hydrogen-bond donors (Lipinski definition) is 1. The van der Waals surface area contributed by atoms with E-state index >= 15 is 0 Å². The van der Waals surface area contributed by atoms with Gasteiger partial charge in [0, 0.05) is 29.5 Å². The lowest BCUT2D eigenvalue weighted by Gasteiger charge is -2.17. The molecule has 4 heteroatoms. The number of hydrogen-bond acceptors (Lipinski definition) is 2. The number of amides is 2. The minimum Gasteiger partial charge on any atom is -0.322 e. The average molecular weight is 358 g/mol. The molecule has 0 fully saturated rings. The second-order valence-electron chi connectivity index (χ2n) is 6.25. The van der Waals surface area contributed by atoms with Crippen molar-refractivity contribution in [2.24, 2.45) is 0 Å². The molecule has 0 aliphatic heterocycles. The van der Waals surface area contributed by atoms with Crippen LogP contribution in [-0.2, 0) is 6.42 Å². The molecule has 3 aromatic rings. The third kappa shape index (κ3) is 4.23. The first-order valence-corrected chi connectivity index (χ1v) is 8.92. The maximum atomic E-state index is 12.8. The second kappa shape index (κ2) is 8.32. The van der Waals surface area contributed by atoms with Gasteiger partial charge >= 0.3 is 0 Å². The highest BCUT2D eigenvalue weighted by Crippen LogP contribution is 2.19. The van der Waals surface area contributed by atoms with Crippen LogP contribution in [0.15, 0.2) is 78.9 Å². The summed E-state index contributed by atoms with van der Waals surface area (Å²) < 4.78 is 0. The smallest absolute Gasteiger partial charge is 0.258 e. The zero-order chi connectivity index (χ0) is 19.2. The van der Waals surface area contributed by atoms with Gasteiger partial charge in [0.25, 0.3) is 11.8 Å². The van der Waals surface area contributed by atoms with Crippen molar-refractivity contribution in [1.82, 2.24) is 0 Å². The van der Waals surface area contributed by atoms with Crippen LogP contribution < -0.4 is 10.2 Å². The summed E-state index contributed by atoms with van der Waals surface area (Å²) in [6.07, 6.45) is 0.830. The molecule has 0 atom stereocenters. The average Bonchev–Trinajstić information content (AvgIpc) is 2.73. The van der Waals surface area contributed by atoms with E-state index in [1.165, 1.54) is 0 Å². The molecule has 27 heavy (non-hydrogen) atoms. The maximum Gasteiger partial charge on any atom is 0.258 e. The monoisotopic (exact) mass is 358 g/mol. The third-order valence-electron chi connectivity index (χ3n) is 4.47. The van der Waals surface area contributed by atoms with Gasteiger partial charge in [-0.25, -0.2) is 0 Å². The van der Waals surface area contributed by atoms with E-state index in [0.29, 0.717) is 11.1 Å². The van der Waals surface area contributed by atoms with Crippen LogP contribution in [0.2, 0.25) is 0 Å². The fraction of sp³-hybridized carbons (Fsp3) is 0.130. The molecule has 3 aromatic carbocycles. The molecule has 0 unspecified atom stereocenters. The van der Waals surface area contributed by atoms with Gasteiger partial charge in [-0.1, -0.05) is 49.4 Å². The highest BCUT2D eigenvalue weighted by Gasteiger charge is 2.16. The Labute approximate surface area is 159 Å². The van der Waals surface area contributed by atoms with Crippen LogP contribution in [0.5, 0.6) is 0 Å². The number of para-hydroxylation sites is 2. The Balaban J connectivity index is 1.80. The molecule has 4 nitrogen and oxygen atoms in total. The van der Waals surface area contributed by atoms with Gasteiger partial charge in [-0.3, -0.25) is 9.59 Å². The molecule has 0 saturated heterocycles. The van der Waals surface area contributed by atoms with Gasteiger partial charge in [0.1, 0.15) is 0 Å². The highest BCUT2D eigenvalue weighted by molar-refractivity contribution is 6.09. The molecule has 0 heterocycles. The molecule has 0 radical (unpaired) electrons. The normalized spacial score (nSPS) is 10.3. The molecule has 2 amide bonds. The number of aryl methyl sites for hydroxylation is 1. The molecule has 0 aromatic heterocycles. The Bertz CT molecular complexity index is 951. The number of nitrogens with one attached hydrogen (secondary N) is 1. The molecule has 0 aliphatic rings. The zero-order valence-corrected chi connectivity index (χ0v) is 15.5. The topological polar surface area (TPSA) is 49.4 Å². The maximum absolute atomic E-state index is 12.8. The lowest BCUT2D eigenvalue weighted by Crippen LogP contribution is -2.26. The molecular formula is C23H22N2O2. The first kappa shape index (κ1) is 18.4. The van der Waals surface area contributed by atoms with Gasteiger partial charge in [-0.2, -0.15) is 0 Å². The van der Waals surface area contributed by atoms with E-state index in [4.69, 9.17) is 0 Å². The zero-order valence-electron chi connectivity index (χ0n) is 15.5. The molecule has 0 spiro atoms. The van der Waals surface area contributed by atoms with E-state index < -0.39 is 0 Å². The van der Waals surface area contributed by atoms with Crippen molar-refractivity contribution in [2.45, 2.75) is 13.3 Å². The van der Waals surface area contributed by atoms with Crippen LogP contribution in [0.3, 0.4) is 0 Å². The number of rotatable bonds is 5. The predicted molar refractivity (Wildman–Crippen MR) is 109 cm³/mol. The lowest BCUT2D eigenvalue weighted by atomic mass is 10.1. The Kier molecular flexibility index (Phi) is 5.67. The van der Waals surface area contributed by atoms with Crippen LogP contribution in [-0.4, -0.2) is 18.9 Å². The molecule has 0 bridgehead atoms. The molecule has 1 N–H and O–H groups in total. The third-order valence-corrected chi connectivity index (χ3v) is 4.47. The van der Waals surface area contributed by atoms with Crippen LogP contribution in [0.1, 0.15) is 33.2 Å². The van der Waals surface area contributed by atoms with E-state index in [9.17, 15) is 9.59 Å². The lowest BCUT2D eigenvalue weighted by molar-refractivity contribution is 0.0993. The van der Waals surface area contributed by atoms with Gasteiger partial charge in [0.15, 0.2) is 0 Å².